The van der Waals surface area contributed by atoms with Crippen LogP contribution >= 0.6 is 0 Å². The number of rotatable bonds is 4. The molecule has 0 radical (unpaired) electrons. The van der Waals surface area contributed by atoms with Crippen LogP contribution in [0.5, 0.6) is 5.75 Å². The van der Waals surface area contributed by atoms with E-state index in [0.29, 0.717) is 29.7 Å². The van der Waals surface area contributed by atoms with Gasteiger partial charge in [-0.1, -0.05) is 20.8 Å². The minimum absolute atomic E-state index is 0.256. The van der Waals surface area contributed by atoms with Gasteiger partial charge in [-0.3, -0.25) is 0 Å². The number of hydrogen-bond acceptors (Lipinski definition) is 2. The maximum atomic E-state index is 13.3. The van der Waals surface area contributed by atoms with Gasteiger partial charge in [0.2, 0.25) is 0 Å². The molecular formula is C16H24FNO. The van der Waals surface area contributed by atoms with Crippen molar-refractivity contribution in [3.05, 3.63) is 24.0 Å². The molecule has 1 aromatic carbocycles. The van der Waals surface area contributed by atoms with Crippen LogP contribution in [0.25, 0.3) is 0 Å². The highest BCUT2D eigenvalue weighted by Gasteiger charge is 2.36. The van der Waals surface area contributed by atoms with Gasteiger partial charge in [0.1, 0.15) is 11.6 Å². The summed E-state index contributed by atoms with van der Waals surface area (Å²) in [5.41, 5.74) is 1.28. The van der Waals surface area contributed by atoms with Gasteiger partial charge in [0.05, 0.1) is 12.3 Å². The maximum absolute atomic E-state index is 13.3. The van der Waals surface area contributed by atoms with E-state index in [0.717, 1.165) is 12.1 Å². The van der Waals surface area contributed by atoms with Crippen LogP contribution in [0, 0.1) is 17.2 Å². The Balaban J connectivity index is 2.15. The van der Waals surface area contributed by atoms with Crippen molar-refractivity contribution in [2.24, 2.45) is 11.3 Å². The molecule has 1 aliphatic rings. The molecule has 0 bridgehead atoms. The molecule has 0 spiro atoms. The van der Waals surface area contributed by atoms with Crippen molar-refractivity contribution in [2.45, 2.75) is 46.6 Å². The Morgan fingerprint density at radius 3 is 2.68 bits per heavy atom. The van der Waals surface area contributed by atoms with Crippen LogP contribution in [-0.4, -0.2) is 12.6 Å². The lowest BCUT2D eigenvalue weighted by molar-refractivity contribution is 0.339. The minimum atomic E-state index is -0.256. The number of anilines is 1. The molecule has 1 N–H and O–H groups in total. The van der Waals surface area contributed by atoms with Gasteiger partial charge in [-0.25, -0.2) is 4.39 Å². The van der Waals surface area contributed by atoms with Crippen molar-refractivity contribution in [1.82, 2.24) is 0 Å². The molecule has 1 fully saturated rings. The highest BCUT2D eigenvalue weighted by molar-refractivity contribution is 5.57. The Bertz CT molecular complexity index is 444. The average molecular weight is 265 g/mol. The summed E-state index contributed by atoms with van der Waals surface area (Å²) >= 11 is 0. The highest BCUT2D eigenvalue weighted by Crippen LogP contribution is 2.42. The Labute approximate surface area is 115 Å². The van der Waals surface area contributed by atoms with Crippen molar-refractivity contribution < 1.29 is 9.13 Å². The average Bonchev–Trinajstić information content (AvgIpc) is 2.56. The Morgan fingerprint density at radius 2 is 2.11 bits per heavy atom. The van der Waals surface area contributed by atoms with Gasteiger partial charge in [-0.2, -0.15) is 0 Å². The van der Waals surface area contributed by atoms with E-state index in [1.165, 1.54) is 18.6 Å². The molecule has 1 saturated carbocycles. The smallest absolute Gasteiger partial charge is 0.145 e. The zero-order valence-corrected chi connectivity index (χ0v) is 12.3. The molecule has 0 amide bonds. The Kier molecular flexibility index (Phi) is 4.02. The molecule has 0 heterocycles. The standard InChI is InChI=1S/C16H24FNO/c1-5-19-15-8-12(17)6-7-13(15)18-14-10-16(3,4)9-11(14)2/h6-8,11,14,18H,5,9-10H2,1-4H3. The number of hydrogen-bond donors (Lipinski definition) is 1. The van der Waals surface area contributed by atoms with Gasteiger partial charge in [0, 0.05) is 12.1 Å². The van der Waals surface area contributed by atoms with Crippen LogP contribution in [-0.2, 0) is 0 Å². The van der Waals surface area contributed by atoms with Gasteiger partial charge >= 0.3 is 0 Å². The van der Waals surface area contributed by atoms with Gasteiger partial charge < -0.3 is 10.1 Å². The van der Waals surface area contributed by atoms with E-state index in [1.807, 2.05) is 6.92 Å². The summed E-state index contributed by atoms with van der Waals surface area (Å²) in [6.45, 7) is 9.34. The number of benzene rings is 1. The molecule has 2 nitrogen and oxygen atoms in total. The summed E-state index contributed by atoms with van der Waals surface area (Å²) in [6.07, 6.45) is 2.35. The van der Waals surface area contributed by atoms with E-state index in [1.54, 1.807) is 6.07 Å². The predicted octanol–water partition coefficient (Wildman–Crippen LogP) is 4.46. The van der Waals surface area contributed by atoms with E-state index in [9.17, 15) is 4.39 Å². The first-order valence-corrected chi connectivity index (χ1v) is 7.10. The first kappa shape index (κ1) is 14.2. The van der Waals surface area contributed by atoms with Gasteiger partial charge in [-0.15, -0.1) is 0 Å². The third kappa shape index (κ3) is 3.40. The quantitative estimate of drug-likeness (QED) is 0.867. The van der Waals surface area contributed by atoms with Crippen LogP contribution < -0.4 is 10.1 Å². The van der Waals surface area contributed by atoms with Crippen LogP contribution in [0.3, 0.4) is 0 Å². The highest BCUT2D eigenvalue weighted by atomic mass is 19.1. The first-order valence-electron chi connectivity index (χ1n) is 7.10. The fraction of sp³-hybridized carbons (Fsp3) is 0.625. The molecule has 0 saturated heterocycles. The van der Waals surface area contributed by atoms with Crippen molar-refractivity contribution in [1.29, 1.82) is 0 Å². The predicted molar refractivity (Wildman–Crippen MR) is 77.2 cm³/mol. The largest absolute Gasteiger partial charge is 0.492 e. The summed E-state index contributed by atoms with van der Waals surface area (Å²) < 4.78 is 18.8. The molecule has 2 atom stereocenters. The van der Waals surface area contributed by atoms with E-state index in [2.05, 4.69) is 26.1 Å². The van der Waals surface area contributed by atoms with Crippen LogP contribution in [0.2, 0.25) is 0 Å². The van der Waals surface area contributed by atoms with Crippen LogP contribution in [0.4, 0.5) is 10.1 Å². The second kappa shape index (κ2) is 5.40. The van der Waals surface area contributed by atoms with Crippen LogP contribution in [0.15, 0.2) is 18.2 Å². The number of nitrogens with one attached hydrogen (secondary N) is 1. The number of ether oxygens (including phenoxy) is 1. The molecule has 3 heteroatoms. The van der Waals surface area contributed by atoms with Crippen molar-refractivity contribution in [2.75, 3.05) is 11.9 Å². The zero-order chi connectivity index (χ0) is 14.0. The zero-order valence-electron chi connectivity index (χ0n) is 12.3. The molecule has 2 rings (SSSR count). The second-order valence-electron chi connectivity index (χ2n) is 6.37. The van der Waals surface area contributed by atoms with Crippen molar-refractivity contribution >= 4 is 5.69 Å². The third-order valence-corrected chi connectivity index (χ3v) is 3.92. The summed E-state index contributed by atoms with van der Waals surface area (Å²) in [5, 5.41) is 3.54. The SMILES string of the molecule is CCOc1cc(F)ccc1NC1CC(C)(C)CC1C. The molecule has 0 aliphatic heterocycles. The molecule has 2 unspecified atom stereocenters. The molecule has 1 aliphatic carbocycles. The summed E-state index contributed by atoms with van der Waals surface area (Å²) in [4.78, 5) is 0. The molecule has 106 valence electrons. The fourth-order valence-electron chi connectivity index (χ4n) is 3.18. The van der Waals surface area contributed by atoms with Crippen molar-refractivity contribution in [3.63, 3.8) is 0 Å². The molecule has 0 aromatic heterocycles. The second-order valence-corrected chi connectivity index (χ2v) is 6.37. The summed E-state index contributed by atoms with van der Waals surface area (Å²) in [6, 6.07) is 5.14. The van der Waals surface area contributed by atoms with E-state index in [4.69, 9.17) is 4.74 Å². The van der Waals surface area contributed by atoms with Crippen LogP contribution in [0.1, 0.15) is 40.5 Å². The Hall–Kier alpha value is -1.25. The van der Waals surface area contributed by atoms with Gasteiger partial charge in [0.25, 0.3) is 0 Å². The van der Waals surface area contributed by atoms with Crippen molar-refractivity contribution in [3.8, 4) is 5.75 Å². The van der Waals surface area contributed by atoms with E-state index in [-0.39, 0.29) is 5.82 Å². The topological polar surface area (TPSA) is 21.3 Å². The van der Waals surface area contributed by atoms with E-state index >= 15 is 0 Å². The fourth-order valence-corrected chi connectivity index (χ4v) is 3.18. The monoisotopic (exact) mass is 265 g/mol. The lowest BCUT2D eigenvalue weighted by Crippen LogP contribution is -2.23. The molecule has 1 aromatic rings. The minimum Gasteiger partial charge on any atom is -0.492 e. The summed E-state index contributed by atoms with van der Waals surface area (Å²) in [5.74, 6) is 0.975. The third-order valence-electron chi connectivity index (χ3n) is 3.92. The normalized spacial score (nSPS) is 25.3. The van der Waals surface area contributed by atoms with Gasteiger partial charge in [-0.05, 0) is 43.2 Å². The number of halogens is 1. The lowest BCUT2D eigenvalue weighted by Gasteiger charge is -2.21. The summed E-state index contributed by atoms with van der Waals surface area (Å²) in [7, 11) is 0. The van der Waals surface area contributed by atoms with Gasteiger partial charge in [0.15, 0.2) is 0 Å². The molecule has 19 heavy (non-hydrogen) atoms. The molecular weight excluding hydrogens is 241 g/mol. The first-order chi connectivity index (χ1) is 8.91. The maximum Gasteiger partial charge on any atom is 0.145 e. The Morgan fingerprint density at radius 1 is 1.37 bits per heavy atom. The van der Waals surface area contributed by atoms with E-state index < -0.39 is 0 Å². The lowest BCUT2D eigenvalue weighted by atomic mass is 9.91.